The first-order chi connectivity index (χ1) is 13.6. The molecule has 0 aliphatic rings. The zero-order valence-electron chi connectivity index (χ0n) is 14.5. The number of thiazole rings is 1. The van der Waals surface area contributed by atoms with Crippen LogP contribution in [0.5, 0.6) is 0 Å². The van der Waals surface area contributed by atoms with Gasteiger partial charge in [0.15, 0.2) is 5.13 Å². The average molecular weight is 396 g/mol. The molecule has 4 rings (SSSR count). The Morgan fingerprint density at radius 1 is 1.14 bits per heavy atom. The summed E-state index contributed by atoms with van der Waals surface area (Å²) in [6, 6.07) is 12.7. The van der Waals surface area contributed by atoms with Gasteiger partial charge in [0.05, 0.1) is 24.0 Å². The number of rotatable bonds is 5. The van der Waals surface area contributed by atoms with Gasteiger partial charge < -0.3 is 5.32 Å². The largest absolute Gasteiger partial charge is 0.302 e. The van der Waals surface area contributed by atoms with Gasteiger partial charge in [0.1, 0.15) is 11.6 Å². The van der Waals surface area contributed by atoms with Crippen molar-refractivity contribution in [2.75, 3.05) is 5.32 Å². The second-order valence-corrected chi connectivity index (χ2v) is 6.87. The summed E-state index contributed by atoms with van der Waals surface area (Å²) < 4.78 is 28.9. The van der Waals surface area contributed by atoms with Gasteiger partial charge in [-0.3, -0.25) is 4.79 Å². The van der Waals surface area contributed by atoms with Gasteiger partial charge in [0.2, 0.25) is 5.91 Å². The van der Waals surface area contributed by atoms with Gasteiger partial charge in [-0.1, -0.05) is 18.2 Å². The first kappa shape index (κ1) is 18.0. The molecular formula is C20H14F2N4OS. The molecule has 2 heterocycles. The van der Waals surface area contributed by atoms with Crippen LogP contribution in [0.15, 0.2) is 66.3 Å². The highest BCUT2D eigenvalue weighted by molar-refractivity contribution is 7.14. The number of anilines is 1. The summed E-state index contributed by atoms with van der Waals surface area (Å²) in [6.07, 6.45) is 3.53. The molecule has 0 aliphatic carbocycles. The third kappa shape index (κ3) is 3.96. The van der Waals surface area contributed by atoms with Gasteiger partial charge >= 0.3 is 0 Å². The smallest absolute Gasteiger partial charge is 0.230 e. The van der Waals surface area contributed by atoms with Gasteiger partial charge in [-0.2, -0.15) is 5.10 Å². The summed E-state index contributed by atoms with van der Waals surface area (Å²) in [6.45, 7) is 0. The van der Waals surface area contributed by atoms with Crippen LogP contribution in [-0.2, 0) is 11.2 Å². The molecule has 1 N–H and O–H groups in total. The topological polar surface area (TPSA) is 59.8 Å². The van der Waals surface area contributed by atoms with Crippen LogP contribution in [0.3, 0.4) is 0 Å². The minimum Gasteiger partial charge on any atom is -0.302 e. The highest BCUT2D eigenvalue weighted by Gasteiger charge is 2.13. The Morgan fingerprint density at radius 3 is 2.79 bits per heavy atom. The lowest BCUT2D eigenvalue weighted by atomic mass is 10.1. The van der Waals surface area contributed by atoms with Crippen molar-refractivity contribution in [1.29, 1.82) is 0 Å². The molecule has 0 fully saturated rings. The van der Waals surface area contributed by atoms with Crippen LogP contribution in [0.1, 0.15) is 5.56 Å². The van der Waals surface area contributed by atoms with Crippen LogP contribution >= 0.6 is 11.3 Å². The second kappa shape index (κ2) is 7.69. The lowest BCUT2D eigenvalue weighted by Crippen LogP contribution is -2.13. The number of nitrogens with zero attached hydrogens (tertiary/aromatic N) is 3. The molecule has 0 spiro atoms. The fraction of sp³-hybridized carbons (Fsp3) is 0.0500. The van der Waals surface area contributed by atoms with Crippen molar-refractivity contribution in [3.63, 3.8) is 0 Å². The van der Waals surface area contributed by atoms with Crippen LogP contribution in [-0.4, -0.2) is 20.7 Å². The van der Waals surface area contributed by atoms with Gasteiger partial charge in [-0.15, -0.1) is 11.3 Å². The molecule has 8 heteroatoms. The van der Waals surface area contributed by atoms with Crippen LogP contribution in [0.2, 0.25) is 0 Å². The average Bonchev–Trinajstić information content (AvgIpc) is 3.34. The zero-order valence-corrected chi connectivity index (χ0v) is 15.3. The van der Waals surface area contributed by atoms with E-state index in [-0.39, 0.29) is 23.6 Å². The zero-order chi connectivity index (χ0) is 19.5. The molecule has 0 radical (unpaired) electrons. The number of benzene rings is 2. The summed E-state index contributed by atoms with van der Waals surface area (Å²) in [4.78, 5) is 16.5. The van der Waals surface area contributed by atoms with Crippen LogP contribution in [0, 0.1) is 11.6 Å². The molecule has 5 nitrogen and oxygen atoms in total. The third-order valence-corrected chi connectivity index (χ3v) is 4.73. The summed E-state index contributed by atoms with van der Waals surface area (Å²) >= 11 is 1.15. The maximum absolute atomic E-state index is 13.9. The van der Waals surface area contributed by atoms with Gasteiger partial charge in [-0.25, -0.2) is 18.4 Å². The molecule has 140 valence electrons. The van der Waals surface area contributed by atoms with E-state index >= 15 is 0 Å². The third-order valence-electron chi connectivity index (χ3n) is 3.98. The number of amides is 1. The van der Waals surface area contributed by atoms with Crippen molar-refractivity contribution in [1.82, 2.24) is 14.8 Å². The minimum absolute atomic E-state index is 0.0564. The Bertz CT molecular complexity index is 1120. The monoisotopic (exact) mass is 396 g/mol. The van der Waals surface area contributed by atoms with Crippen LogP contribution < -0.4 is 5.32 Å². The van der Waals surface area contributed by atoms with Crippen molar-refractivity contribution in [2.24, 2.45) is 0 Å². The lowest BCUT2D eigenvalue weighted by molar-refractivity contribution is -0.115. The van der Waals surface area contributed by atoms with Crippen LogP contribution in [0.25, 0.3) is 16.9 Å². The molecule has 4 aromatic rings. The summed E-state index contributed by atoms with van der Waals surface area (Å²) in [7, 11) is 0. The predicted octanol–water partition coefficient (Wildman–Crippen LogP) is 4.46. The van der Waals surface area contributed by atoms with E-state index in [1.165, 1.54) is 0 Å². The Hall–Kier alpha value is -3.39. The molecule has 28 heavy (non-hydrogen) atoms. The highest BCUT2D eigenvalue weighted by atomic mass is 32.1. The molecule has 1 amide bonds. The van der Waals surface area contributed by atoms with E-state index in [0.29, 0.717) is 5.13 Å². The first-order valence-electron chi connectivity index (χ1n) is 8.38. The lowest BCUT2D eigenvalue weighted by Gasteiger charge is -2.01. The number of para-hydroxylation sites is 1. The normalized spacial score (nSPS) is 10.8. The molecule has 0 aliphatic heterocycles. The summed E-state index contributed by atoms with van der Waals surface area (Å²) in [5.74, 6) is -1.39. The fourth-order valence-electron chi connectivity index (χ4n) is 2.67. The molecule has 2 aromatic carbocycles. The number of carbonyl (C=O) groups excluding carboxylic acids is 1. The van der Waals surface area contributed by atoms with E-state index in [1.807, 2.05) is 30.3 Å². The van der Waals surface area contributed by atoms with E-state index in [9.17, 15) is 13.6 Å². The Morgan fingerprint density at radius 2 is 1.96 bits per heavy atom. The fourth-order valence-corrected chi connectivity index (χ4v) is 3.40. The number of hydrogen-bond donors (Lipinski definition) is 1. The van der Waals surface area contributed by atoms with E-state index in [4.69, 9.17) is 0 Å². The summed E-state index contributed by atoms with van der Waals surface area (Å²) in [5.41, 5.74) is 1.97. The Balaban J connectivity index is 1.43. The van der Waals surface area contributed by atoms with Gasteiger partial charge in [0, 0.05) is 17.1 Å². The highest BCUT2D eigenvalue weighted by Crippen LogP contribution is 2.27. The molecule has 0 saturated carbocycles. The maximum Gasteiger partial charge on any atom is 0.230 e. The van der Waals surface area contributed by atoms with E-state index in [2.05, 4.69) is 15.4 Å². The van der Waals surface area contributed by atoms with E-state index in [1.54, 1.807) is 22.5 Å². The second-order valence-electron chi connectivity index (χ2n) is 6.02. The number of carbonyl (C=O) groups is 1. The SMILES string of the molecule is O=C(Cc1cnn(-c2ccccc2)c1)Nc1nc(-c2cc(F)ccc2F)cs1. The number of nitrogens with one attached hydrogen (secondary N) is 1. The van der Waals surface area contributed by atoms with Gasteiger partial charge in [0.25, 0.3) is 0 Å². The van der Waals surface area contributed by atoms with E-state index < -0.39 is 11.6 Å². The Labute approximate surface area is 163 Å². The van der Waals surface area contributed by atoms with Crippen LogP contribution in [0.4, 0.5) is 13.9 Å². The minimum atomic E-state index is -0.571. The van der Waals surface area contributed by atoms with Crippen molar-refractivity contribution in [3.8, 4) is 16.9 Å². The Kier molecular flexibility index (Phi) is 4.94. The molecule has 2 aromatic heterocycles. The molecule has 0 atom stereocenters. The predicted molar refractivity (Wildman–Crippen MR) is 103 cm³/mol. The quantitative estimate of drug-likeness (QED) is 0.542. The number of hydrogen-bond acceptors (Lipinski definition) is 4. The van der Waals surface area contributed by atoms with Crippen molar-refractivity contribution in [3.05, 3.63) is 83.5 Å². The molecule has 0 bridgehead atoms. The molecule has 0 saturated heterocycles. The molecule has 0 unspecified atom stereocenters. The molecular weight excluding hydrogens is 382 g/mol. The number of halogens is 2. The van der Waals surface area contributed by atoms with Crippen molar-refractivity contribution in [2.45, 2.75) is 6.42 Å². The summed E-state index contributed by atoms with van der Waals surface area (Å²) in [5, 5.41) is 8.82. The number of aromatic nitrogens is 3. The first-order valence-corrected chi connectivity index (χ1v) is 9.26. The standard InChI is InChI=1S/C20H14F2N4OS/c21-14-6-7-17(22)16(9-14)18-12-28-20(24-18)25-19(27)8-13-10-23-26(11-13)15-4-2-1-3-5-15/h1-7,9-12H,8H2,(H,24,25,27). The maximum atomic E-state index is 13.9. The van der Waals surface area contributed by atoms with Gasteiger partial charge in [-0.05, 0) is 35.9 Å². The van der Waals surface area contributed by atoms with Crippen molar-refractivity contribution < 1.29 is 13.6 Å². The van der Waals surface area contributed by atoms with Crippen molar-refractivity contribution >= 4 is 22.4 Å². The van der Waals surface area contributed by atoms with E-state index in [0.717, 1.165) is 40.8 Å².